The van der Waals surface area contributed by atoms with E-state index in [1.54, 1.807) is 12.1 Å². The molecule has 0 atom stereocenters. The molecule has 1 N–H and O–H groups in total. The number of anilines is 1. The molecular formula is C19H14F3N3O4S. The third-order valence-electron chi connectivity index (χ3n) is 4.49. The van der Waals surface area contributed by atoms with Crippen LogP contribution in [0.15, 0.2) is 59.8 Å². The van der Waals surface area contributed by atoms with Crippen LogP contribution in [0.5, 0.6) is 11.5 Å². The number of aromatic nitrogens is 2. The molecule has 0 radical (unpaired) electrons. The van der Waals surface area contributed by atoms with Gasteiger partial charge in [0, 0.05) is 17.7 Å². The van der Waals surface area contributed by atoms with E-state index in [0.29, 0.717) is 23.2 Å². The number of phenols is 1. The van der Waals surface area contributed by atoms with Crippen LogP contribution in [0.2, 0.25) is 0 Å². The summed E-state index contributed by atoms with van der Waals surface area (Å²) in [6.07, 6.45) is -3.30. The number of ether oxygens (including phenoxy) is 1. The average Bonchev–Trinajstić information content (AvgIpc) is 3.12. The lowest BCUT2D eigenvalue weighted by molar-refractivity contribution is -0.274. The highest BCUT2D eigenvalue weighted by atomic mass is 32.2. The van der Waals surface area contributed by atoms with Crippen LogP contribution in [-0.2, 0) is 16.4 Å². The number of nitrogens with zero attached hydrogens (tertiary/aromatic N) is 3. The zero-order chi connectivity index (χ0) is 21.5. The Bertz CT molecular complexity index is 1200. The van der Waals surface area contributed by atoms with E-state index in [0.717, 1.165) is 28.6 Å². The molecule has 4 rings (SSSR count). The second kappa shape index (κ2) is 7.17. The van der Waals surface area contributed by atoms with Gasteiger partial charge in [-0.15, -0.1) is 13.2 Å². The third-order valence-corrected chi connectivity index (χ3v) is 6.29. The van der Waals surface area contributed by atoms with Crippen LogP contribution < -0.4 is 9.04 Å². The molecule has 30 heavy (non-hydrogen) atoms. The average molecular weight is 437 g/mol. The summed E-state index contributed by atoms with van der Waals surface area (Å²) >= 11 is 0. The van der Waals surface area contributed by atoms with Gasteiger partial charge in [0.25, 0.3) is 10.0 Å². The summed E-state index contributed by atoms with van der Waals surface area (Å²) in [7, 11) is -4.06. The van der Waals surface area contributed by atoms with E-state index in [9.17, 15) is 26.7 Å². The number of benzene rings is 2. The Morgan fingerprint density at radius 1 is 1.07 bits per heavy atom. The van der Waals surface area contributed by atoms with E-state index in [4.69, 9.17) is 0 Å². The Morgan fingerprint density at radius 3 is 2.47 bits per heavy atom. The van der Waals surface area contributed by atoms with Crippen molar-refractivity contribution in [2.45, 2.75) is 17.7 Å². The second-order valence-corrected chi connectivity index (χ2v) is 8.28. The Hall–Kier alpha value is -3.34. The molecule has 0 aliphatic carbocycles. The number of halogens is 3. The highest BCUT2D eigenvalue weighted by Gasteiger charge is 2.35. The summed E-state index contributed by atoms with van der Waals surface area (Å²) < 4.78 is 67.9. The zero-order valence-electron chi connectivity index (χ0n) is 15.2. The highest BCUT2D eigenvalue weighted by molar-refractivity contribution is 7.92. The molecule has 156 valence electrons. The van der Waals surface area contributed by atoms with Gasteiger partial charge in [0.1, 0.15) is 23.6 Å². The molecule has 0 saturated carbocycles. The zero-order valence-corrected chi connectivity index (χ0v) is 16.0. The van der Waals surface area contributed by atoms with Gasteiger partial charge in [-0.3, -0.25) is 0 Å². The van der Waals surface area contributed by atoms with Gasteiger partial charge < -0.3 is 9.84 Å². The fraction of sp³-hybridized carbons (Fsp3) is 0.158. The predicted molar refractivity (Wildman–Crippen MR) is 100 cm³/mol. The van der Waals surface area contributed by atoms with Gasteiger partial charge in [0.05, 0.1) is 10.6 Å². The van der Waals surface area contributed by atoms with Gasteiger partial charge in [0.2, 0.25) is 0 Å². The molecule has 1 aromatic heterocycles. The Balaban J connectivity index is 1.68. The molecule has 1 aliphatic heterocycles. The lowest BCUT2D eigenvalue weighted by Crippen LogP contribution is -2.29. The molecular weight excluding hydrogens is 423 g/mol. The summed E-state index contributed by atoms with van der Waals surface area (Å²) in [5, 5.41) is 9.72. The van der Waals surface area contributed by atoms with E-state index in [2.05, 4.69) is 14.7 Å². The monoisotopic (exact) mass is 437 g/mol. The molecule has 11 heteroatoms. The van der Waals surface area contributed by atoms with Crippen LogP contribution in [0.25, 0.3) is 11.3 Å². The molecule has 2 aromatic carbocycles. The minimum Gasteiger partial charge on any atom is -0.508 e. The maximum Gasteiger partial charge on any atom is 0.573 e. The topological polar surface area (TPSA) is 92.6 Å². The lowest BCUT2D eigenvalue weighted by atomic mass is 10.1. The van der Waals surface area contributed by atoms with Crippen LogP contribution in [0.4, 0.5) is 19.0 Å². The first kappa shape index (κ1) is 20.0. The minimum atomic E-state index is -4.87. The third kappa shape index (κ3) is 3.75. The quantitative estimate of drug-likeness (QED) is 0.672. The van der Waals surface area contributed by atoms with E-state index >= 15 is 0 Å². The standard InChI is InChI=1S/C19H14F3N3O4S/c20-19(21,22)29-14-4-6-15(7-5-14)30(27,28)25-9-8-16-17(23-11-24-18(16)25)12-2-1-3-13(26)10-12/h1-7,10-11,26H,8-9H2. The largest absolute Gasteiger partial charge is 0.573 e. The van der Waals surface area contributed by atoms with Crippen molar-refractivity contribution in [2.75, 3.05) is 10.8 Å². The molecule has 0 fully saturated rings. The Morgan fingerprint density at radius 2 is 1.80 bits per heavy atom. The minimum absolute atomic E-state index is 0.0449. The normalized spacial score (nSPS) is 13.9. The molecule has 0 amide bonds. The first-order valence-corrected chi connectivity index (χ1v) is 10.1. The smallest absolute Gasteiger partial charge is 0.508 e. The Labute approximate surface area is 169 Å². The molecule has 0 bridgehead atoms. The molecule has 0 saturated heterocycles. The predicted octanol–water partition coefficient (Wildman–Crippen LogP) is 3.50. The van der Waals surface area contributed by atoms with Crippen molar-refractivity contribution in [3.63, 3.8) is 0 Å². The lowest BCUT2D eigenvalue weighted by Gasteiger charge is -2.19. The fourth-order valence-electron chi connectivity index (χ4n) is 3.24. The first-order chi connectivity index (χ1) is 14.1. The van der Waals surface area contributed by atoms with Crippen molar-refractivity contribution in [3.05, 3.63) is 60.4 Å². The van der Waals surface area contributed by atoms with Crippen LogP contribution in [-0.4, -0.2) is 36.4 Å². The number of phenolic OH excluding ortho intramolecular Hbond substituents is 1. The fourth-order valence-corrected chi connectivity index (χ4v) is 4.70. The second-order valence-electron chi connectivity index (χ2n) is 6.42. The van der Waals surface area contributed by atoms with Gasteiger partial charge >= 0.3 is 6.36 Å². The molecule has 0 unspecified atom stereocenters. The van der Waals surface area contributed by atoms with Gasteiger partial charge in [-0.05, 0) is 42.8 Å². The van der Waals surface area contributed by atoms with Crippen LogP contribution in [0, 0.1) is 0 Å². The van der Waals surface area contributed by atoms with Crippen molar-refractivity contribution in [2.24, 2.45) is 0 Å². The number of rotatable bonds is 4. The van der Waals surface area contributed by atoms with Crippen LogP contribution in [0.1, 0.15) is 5.56 Å². The highest BCUT2D eigenvalue weighted by Crippen LogP contribution is 2.37. The van der Waals surface area contributed by atoms with Gasteiger partial charge in [-0.1, -0.05) is 12.1 Å². The van der Waals surface area contributed by atoms with Crippen molar-refractivity contribution >= 4 is 15.8 Å². The van der Waals surface area contributed by atoms with Crippen LogP contribution >= 0.6 is 0 Å². The van der Waals surface area contributed by atoms with E-state index in [-0.39, 0.29) is 23.0 Å². The van der Waals surface area contributed by atoms with Crippen LogP contribution in [0.3, 0.4) is 0 Å². The van der Waals surface area contributed by atoms with E-state index < -0.39 is 22.1 Å². The Kier molecular flexibility index (Phi) is 4.77. The summed E-state index contributed by atoms with van der Waals surface area (Å²) in [6.45, 7) is 0.100. The molecule has 7 nitrogen and oxygen atoms in total. The molecule has 0 spiro atoms. The van der Waals surface area contributed by atoms with Crippen molar-refractivity contribution in [3.8, 4) is 22.8 Å². The van der Waals surface area contributed by atoms with E-state index in [1.807, 2.05) is 0 Å². The van der Waals surface area contributed by atoms with Crippen molar-refractivity contribution < 1.29 is 31.4 Å². The van der Waals surface area contributed by atoms with Crippen molar-refractivity contribution in [1.82, 2.24) is 9.97 Å². The number of hydrogen-bond acceptors (Lipinski definition) is 6. The number of fused-ring (bicyclic) bond motifs is 1. The van der Waals surface area contributed by atoms with Crippen molar-refractivity contribution in [1.29, 1.82) is 0 Å². The SMILES string of the molecule is O=S(=O)(c1ccc(OC(F)(F)F)cc1)N1CCc2c(-c3cccc(O)c3)ncnc21. The maximum atomic E-state index is 13.1. The molecule has 2 heterocycles. The summed E-state index contributed by atoms with van der Waals surface area (Å²) in [6, 6.07) is 10.4. The van der Waals surface area contributed by atoms with E-state index in [1.165, 1.54) is 18.5 Å². The maximum absolute atomic E-state index is 13.1. The number of hydrogen-bond donors (Lipinski definition) is 1. The van der Waals surface area contributed by atoms with Gasteiger partial charge in [-0.2, -0.15) is 0 Å². The number of aromatic hydroxyl groups is 1. The summed E-state index contributed by atoms with van der Waals surface area (Å²) in [5.41, 5.74) is 1.72. The first-order valence-electron chi connectivity index (χ1n) is 8.67. The van der Waals surface area contributed by atoms with Gasteiger partial charge in [-0.25, -0.2) is 22.7 Å². The van der Waals surface area contributed by atoms with Gasteiger partial charge in [0.15, 0.2) is 0 Å². The molecule has 1 aliphatic rings. The number of sulfonamides is 1. The summed E-state index contributed by atoms with van der Waals surface area (Å²) in [4.78, 5) is 8.14. The molecule has 3 aromatic rings. The number of alkyl halides is 3. The summed E-state index contributed by atoms with van der Waals surface area (Å²) in [5.74, 6) is -0.278.